The molecule has 0 aliphatic carbocycles. The van der Waals surface area contributed by atoms with Crippen molar-refractivity contribution in [2.45, 2.75) is 62.5 Å². The number of hydrogen-bond acceptors (Lipinski definition) is 8. The highest BCUT2D eigenvalue weighted by atomic mass is 16.6. The zero-order chi connectivity index (χ0) is 33.7. The summed E-state index contributed by atoms with van der Waals surface area (Å²) in [6.07, 6.45) is 3.38. The Morgan fingerprint density at radius 3 is 2.51 bits per heavy atom. The Labute approximate surface area is 275 Å². The number of benzene rings is 2. The van der Waals surface area contributed by atoms with Gasteiger partial charge in [0, 0.05) is 25.2 Å². The average Bonchev–Trinajstić information content (AvgIpc) is 3.72. The highest BCUT2D eigenvalue weighted by Crippen LogP contribution is 2.59. The Balaban J connectivity index is 1.45. The van der Waals surface area contributed by atoms with Gasteiger partial charge in [0.15, 0.2) is 0 Å². The third-order valence-electron chi connectivity index (χ3n) is 9.40. The molecule has 11 heteroatoms. The van der Waals surface area contributed by atoms with Crippen LogP contribution in [0.5, 0.6) is 5.75 Å². The number of fused-ring (bicyclic) bond motifs is 1. The second kappa shape index (κ2) is 14.5. The van der Waals surface area contributed by atoms with E-state index in [1.807, 2.05) is 30.3 Å². The standard InChI is InChI=1S/C36H43N3O8/c1-5-7-13-28(41)37-23(3)31(24-11-9-8-10-12-24)46-35(44)29-27-18-19-36(47-27)30(29)33(42)39(21-22-40)32(36)34(43)38(20-6-2)25-14-16-26(45-4)17-15-25/h5-6,8-12,14-17,23,27,29-32,40H,1-2,7,13,18-22H2,3-4H3,(H,37,41)/t23-,27+,29-,30-,31-,32+,36-/m0/s1. The predicted octanol–water partition coefficient (Wildman–Crippen LogP) is 3.34. The summed E-state index contributed by atoms with van der Waals surface area (Å²) in [5, 5.41) is 12.9. The van der Waals surface area contributed by atoms with Crippen molar-refractivity contribution in [2.24, 2.45) is 11.8 Å². The summed E-state index contributed by atoms with van der Waals surface area (Å²) >= 11 is 0. The van der Waals surface area contributed by atoms with Crippen LogP contribution in [0.4, 0.5) is 5.69 Å². The number of likely N-dealkylation sites (tertiary alicyclic amines) is 1. The number of carbonyl (C=O) groups excluding carboxylic acids is 4. The maximum Gasteiger partial charge on any atom is 0.313 e. The molecular formula is C36H43N3O8. The van der Waals surface area contributed by atoms with Gasteiger partial charge in [-0.1, -0.05) is 42.5 Å². The lowest BCUT2D eigenvalue weighted by atomic mass is 9.70. The van der Waals surface area contributed by atoms with Crippen LogP contribution in [0, 0.1) is 11.8 Å². The fourth-order valence-corrected chi connectivity index (χ4v) is 7.35. The van der Waals surface area contributed by atoms with Crippen molar-refractivity contribution in [1.82, 2.24) is 10.2 Å². The fourth-order valence-electron chi connectivity index (χ4n) is 7.35. The molecule has 1 spiro atoms. The van der Waals surface area contributed by atoms with Gasteiger partial charge in [-0.2, -0.15) is 0 Å². The van der Waals surface area contributed by atoms with Crippen molar-refractivity contribution in [3.05, 3.63) is 85.5 Å². The Bertz CT molecular complexity index is 1480. The van der Waals surface area contributed by atoms with Crippen molar-refractivity contribution in [2.75, 3.05) is 31.7 Å². The van der Waals surface area contributed by atoms with Crippen LogP contribution >= 0.6 is 0 Å². The second-order valence-corrected chi connectivity index (χ2v) is 12.2. The first-order valence-electron chi connectivity index (χ1n) is 16.0. The summed E-state index contributed by atoms with van der Waals surface area (Å²) in [6, 6.07) is 14.4. The largest absolute Gasteiger partial charge is 0.497 e. The first-order valence-corrected chi connectivity index (χ1v) is 16.0. The van der Waals surface area contributed by atoms with Crippen LogP contribution in [-0.2, 0) is 28.7 Å². The van der Waals surface area contributed by atoms with Crippen LogP contribution in [0.2, 0.25) is 0 Å². The summed E-state index contributed by atoms with van der Waals surface area (Å²) in [5.74, 6) is -3.00. The fraction of sp³-hybridized carbons (Fsp3) is 0.444. The third kappa shape index (κ3) is 6.42. The third-order valence-corrected chi connectivity index (χ3v) is 9.40. The number of allylic oxidation sites excluding steroid dienone is 1. The van der Waals surface area contributed by atoms with E-state index < -0.39 is 59.5 Å². The van der Waals surface area contributed by atoms with Gasteiger partial charge in [-0.15, -0.1) is 13.2 Å². The first kappa shape index (κ1) is 33.9. The number of carbonyl (C=O) groups is 4. The van der Waals surface area contributed by atoms with E-state index in [1.165, 1.54) is 9.80 Å². The zero-order valence-electron chi connectivity index (χ0n) is 26.9. The average molecular weight is 646 g/mol. The normalized spacial score (nSPS) is 25.4. The molecule has 5 rings (SSSR count). The Morgan fingerprint density at radius 2 is 1.87 bits per heavy atom. The molecule has 11 nitrogen and oxygen atoms in total. The van der Waals surface area contributed by atoms with Crippen molar-refractivity contribution < 1.29 is 38.5 Å². The van der Waals surface area contributed by atoms with Gasteiger partial charge in [-0.3, -0.25) is 19.2 Å². The first-order chi connectivity index (χ1) is 22.7. The number of methoxy groups -OCH3 is 1. The number of rotatable bonds is 15. The molecular weight excluding hydrogens is 602 g/mol. The molecule has 2 bridgehead atoms. The number of anilines is 1. The lowest BCUT2D eigenvalue weighted by molar-refractivity contribution is -0.162. The van der Waals surface area contributed by atoms with Crippen LogP contribution in [0.3, 0.4) is 0 Å². The molecule has 3 aliphatic rings. The Kier molecular flexibility index (Phi) is 10.5. The molecule has 3 saturated heterocycles. The minimum atomic E-state index is -1.28. The van der Waals surface area contributed by atoms with E-state index >= 15 is 0 Å². The van der Waals surface area contributed by atoms with E-state index in [1.54, 1.807) is 50.5 Å². The summed E-state index contributed by atoms with van der Waals surface area (Å²) < 4.78 is 18.0. The molecule has 2 aromatic carbocycles. The molecule has 0 radical (unpaired) electrons. The highest BCUT2D eigenvalue weighted by molar-refractivity contribution is 6.04. The number of aliphatic hydroxyl groups is 1. The van der Waals surface area contributed by atoms with Gasteiger partial charge < -0.3 is 34.4 Å². The number of nitrogens with one attached hydrogen (secondary N) is 1. The van der Waals surface area contributed by atoms with E-state index in [0.717, 1.165) is 0 Å². The smallest absolute Gasteiger partial charge is 0.313 e. The maximum atomic E-state index is 14.5. The number of amides is 3. The van der Waals surface area contributed by atoms with Crippen molar-refractivity contribution in [1.29, 1.82) is 0 Å². The van der Waals surface area contributed by atoms with Gasteiger partial charge in [0.1, 0.15) is 23.5 Å². The number of ether oxygens (including phenoxy) is 3. The van der Waals surface area contributed by atoms with Gasteiger partial charge in [-0.05, 0) is 56.0 Å². The lowest BCUT2D eigenvalue weighted by Gasteiger charge is -2.36. The molecule has 3 heterocycles. The molecule has 7 atom stereocenters. The topological polar surface area (TPSA) is 135 Å². The molecule has 3 amide bonds. The monoisotopic (exact) mass is 645 g/mol. The number of β-amino-alcohol motifs (C(OH)–C–C–N with tert-alkyl or cyclic N) is 1. The maximum absolute atomic E-state index is 14.5. The SMILES string of the molecule is C=CCCC(=O)N[C@@H](C)[C@H](OC(=O)[C@@H]1[C@H]2C(=O)N(CCO)[C@H](C(=O)N(CC=C)c3ccc(OC)cc3)[C@]23CC[C@H]1O3)c1ccccc1. The van der Waals surface area contributed by atoms with E-state index in [2.05, 4.69) is 18.5 Å². The van der Waals surface area contributed by atoms with E-state index in [4.69, 9.17) is 14.2 Å². The summed E-state index contributed by atoms with van der Waals surface area (Å²) in [6.45, 7) is 8.93. The molecule has 3 fully saturated rings. The molecule has 2 N–H and O–H groups in total. The number of aliphatic hydroxyl groups excluding tert-OH is 1. The molecule has 250 valence electrons. The van der Waals surface area contributed by atoms with Crippen molar-refractivity contribution in [3.63, 3.8) is 0 Å². The van der Waals surface area contributed by atoms with Crippen molar-refractivity contribution >= 4 is 29.4 Å². The van der Waals surface area contributed by atoms with E-state index in [9.17, 15) is 24.3 Å². The van der Waals surface area contributed by atoms with Gasteiger partial charge in [0.2, 0.25) is 11.8 Å². The zero-order valence-corrected chi connectivity index (χ0v) is 26.9. The molecule has 0 saturated carbocycles. The van der Waals surface area contributed by atoms with Crippen LogP contribution in [-0.4, -0.2) is 84.3 Å². The van der Waals surface area contributed by atoms with Crippen molar-refractivity contribution in [3.8, 4) is 5.75 Å². The second-order valence-electron chi connectivity index (χ2n) is 12.2. The molecule has 0 unspecified atom stereocenters. The van der Waals surface area contributed by atoms with Gasteiger partial charge in [0.25, 0.3) is 5.91 Å². The Hall–Kier alpha value is -4.48. The lowest BCUT2D eigenvalue weighted by Crippen LogP contribution is -2.56. The molecule has 2 aromatic rings. The summed E-state index contributed by atoms with van der Waals surface area (Å²) in [7, 11) is 1.55. The summed E-state index contributed by atoms with van der Waals surface area (Å²) in [5.41, 5.74) is -0.0233. The van der Waals surface area contributed by atoms with Crippen LogP contribution in [0.25, 0.3) is 0 Å². The molecule has 0 aromatic heterocycles. The molecule has 47 heavy (non-hydrogen) atoms. The number of nitrogens with zero attached hydrogens (tertiary/aromatic N) is 2. The quantitative estimate of drug-likeness (QED) is 0.223. The minimum absolute atomic E-state index is 0.103. The van der Waals surface area contributed by atoms with E-state index in [0.29, 0.717) is 36.3 Å². The van der Waals surface area contributed by atoms with Gasteiger partial charge in [-0.25, -0.2) is 0 Å². The molecule has 3 aliphatic heterocycles. The number of esters is 1. The van der Waals surface area contributed by atoms with Crippen LogP contribution in [0.1, 0.15) is 44.3 Å². The van der Waals surface area contributed by atoms with Crippen LogP contribution in [0.15, 0.2) is 79.9 Å². The Morgan fingerprint density at radius 1 is 1.15 bits per heavy atom. The van der Waals surface area contributed by atoms with Gasteiger partial charge in [0.05, 0.1) is 37.7 Å². The summed E-state index contributed by atoms with van der Waals surface area (Å²) in [4.78, 5) is 58.3. The predicted molar refractivity (Wildman–Crippen MR) is 174 cm³/mol. The minimum Gasteiger partial charge on any atom is -0.497 e. The highest BCUT2D eigenvalue weighted by Gasteiger charge is 2.75. The number of hydrogen-bond donors (Lipinski definition) is 2. The van der Waals surface area contributed by atoms with Gasteiger partial charge >= 0.3 is 5.97 Å². The van der Waals surface area contributed by atoms with E-state index in [-0.39, 0.29) is 32.0 Å². The van der Waals surface area contributed by atoms with Crippen LogP contribution < -0.4 is 15.0 Å².